The van der Waals surface area contributed by atoms with Crippen LogP contribution >= 0.6 is 0 Å². The van der Waals surface area contributed by atoms with E-state index in [1.54, 1.807) is 0 Å². The maximum atomic E-state index is 12.7. The van der Waals surface area contributed by atoms with Gasteiger partial charge in [0.2, 0.25) is 5.91 Å². The Bertz CT molecular complexity index is 342. The first-order valence-electron chi connectivity index (χ1n) is 8.52. The van der Waals surface area contributed by atoms with Crippen molar-refractivity contribution in [2.45, 2.75) is 83.7 Å². The van der Waals surface area contributed by atoms with E-state index in [1.165, 1.54) is 25.7 Å². The van der Waals surface area contributed by atoms with Gasteiger partial charge in [0.25, 0.3) is 0 Å². The van der Waals surface area contributed by atoms with Gasteiger partial charge in [0.05, 0.1) is 5.54 Å². The summed E-state index contributed by atoms with van der Waals surface area (Å²) in [6.07, 6.45) is 8.91. The second-order valence-electron chi connectivity index (χ2n) is 7.63. The van der Waals surface area contributed by atoms with Crippen LogP contribution in [0.5, 0.6) is 0 Å². The monoisotopic (exact) mass is 280 g/mol. The highest BCUT2D eigenvalue weighted by molar-refractivity contribution is 5.86. The van der Waals surface area contributed by atoms with Gasteiger partial charge >= 0.3 is 0 Å². The van der Waals surface area contributed by atoms with Gasteiger partial charge in [0, 0.05) is 6.04 Å². The second-order valence-corrected chi connectivity index (χ2v) is 7.63. The van der Waals surface area contributed by atoms with Crippen LogP contribution in [-0.4, -0.2) is 17.5 Å². The molecule has 2 aliphatic carbocycles. The molecule has 0 saturated heterocycles. The van der Waals surface area contributed by atoms with E-state index in [9.17, 15) is 4.79 Å². The molecule has 0 radical (unpaired) electrons. The Labute approximate surface area is 124 Å². The average molecular weight is 280 g/mol. The Kier molecular flexibility index (Phi) is 5.11. The molecule has 2 saturated carbocycles. The van der Waals surface area contributed by atoms with Crippen LogP contribution < -0.4 is 11.1 Å². The van der Waals surface area contributed by atoms with Crippen LogP contribution in [0.25, 0.3) is 0 Å². The minimum atomic E-state index is -0.614. The lowest BCUT2D eigenvalue weighted by Gasteiger charge is -2.40. The first-order chi connectivity index (χ1) is 9.42. The fourth-order valence-corrected chi connectivity index (χ4v) is 4.25. The lowest BCUT2D eigenvalue weighted by Crippen LogP contribution is -2.59. The SMILES string of the molecule is CC1CCCC(N)(C(=O)NC2CCCCC2C(C)C)C1. The normalized spacial score (nSPS) is 38.8. The maximum absolute atomic E-state index is 12.7. The number of amides is 1. The minimum Gasteiger partial charge on any atom is -0.351 e. The third-order valence-electron chi connectivity index (χ3n) is 5.48. The van der Waals surface area contributed by atoms with Gasteiger partial charge in [-0.1, -0.05) is 46.5 Å². The van der Waals surface area contributed by atoms with E-state index in [2.05, 4.69) is 26.1 Å². The number of nitrogens with one attached hydrogen (secondary N) is 1. The molecule has 0 aromatic heterocycles. The zero-order valence-electron chi connectivity index (χ0n) is 13.5. The van der Waals surface area contributed by atoms with E-state index < -0.39 is 5.54 Å². The van der Waals surface area contributed by atoms with Crippen molar-refractivity contribution >= 4 is 5.91 Å². The summed E-state index contributed by atoms with van der Waals surface area (Å²) >= 11 is 0. The number of carbonyl (C=O) groups excluding carboxylic acids is 1. The molecule has 2 rings (SSSR count). The number of hydrogen-bond acceptors (Lipinski definition) is 2. The Balaban J connectivity index is 1.98. The topological polar surface area (TPSA) is 55.1 Å². The Morgan fingerprint density at radius 1 is 1.20 bits per heavy atom. The van der Waals surface area contributed by atoms with Gasteiger partial charge in [-0.05, 0) is 43.4 Å². The molecule has 0 aromatic rings. The summed E-state index contributed by atoms with van der Waals surface area (Å²) < 4.78 is 0. The van der Waals surface area contributed by atoms with E-state index in [0.29, 0.717) is 23.8 Å². The van der Waals surface area contributed by atoms with Crippen LogP contribution in [0.15, 0.2) is 0 Å². The molecule has 4 atom stereocenters. The molecule has 0 aliphatic heterocycles. The van der Waals surface area contributed by atoms with E-state index in [4.69, 9.17) is 5.73 Å². The van der Waals surface area contributed by atoms with Crippen molar-refractivity contribution in [2.24, 2.45) is 23.5 Å². The van der Waals surface area contributed by atoms with Crippen molar-refractivity contribution in [3.63, 3.8) is 0 Å². The molecule has 3 heteroatoms. The summed E-state index contributed by atoms with van der Waals surface area (Å²) in [4.78, 5) is 12.7. The van der Waals surface area contributed by atoms with Gasteiger partial charge in [0.1, 0.15) is 0 Å². The van der Waals surface area contributed by atoms with Crippen LogP contribution in [0.3, 0.4) is 0 Å². The number of nitrogens with two attached hydrogens (primary N) is 1. The molecule has 0 aromatic carbocycles. The fraction of sp³-hybridized carbons (Fsp3) is 0.941. The van der Waals surface area contributed by atoms with Crippen molar-refractivity contribution in [1.82, 2.24) is 5.32 Å². The molecule has 2 fully saturated rings. The lowest BCUT2D eigenvalue weighted by molar-refractivity contribution is -0.129. The summed E-state index contributed by atoms with van der Waals surface area (Å²) in [5.41, 5.74) is 5.81. The smallest absolute Gasteiger partial charge is 0.240 e. The van der Waals surface area contributed by atoms with Crippen LogP contribution in [-0.2, 0) is 4.79 Å². The van der Waals surface area contributed by atoms with Gasteiger partial charge in [-0.2, -0.15) is 0 Å². The quantitative estimate of drug-likeness (QED) is 0.834. The molecule has 4 unspecified atom stereocenters. The number of rotatable bonds is 3. The standard InChI is InChI=1S/C17H32N2O/c1-12(2)14-8-4-5-9-15(14)19-16(20)17(18)10-6-7-13(3)11-17/h12-15H,4-11,18H2,1-3H3,(H,19,20). The van der Waals surface area contributed by atoms with Gasteiger partial charge in [-0.25, -0.2) is 0 Å². The van der Waals surface area contributed by atoms with Crippen molar-refractivity contribution in [3.05, 3.63) is 0 Å². The first-order valence-corrected chi connectivity index (χ1v) is 8.52. The van der Waals surface area contributed by atoms with Crippen LogP contribution in [0.2, 0.25) is 0 Å². The van der Waals surface area contributed by atoms with Crippen LogP contribution in [0.4, 0.5) is 0 Å². The Morgan fingerprint density at radius 2 is 1.90 bits per heavy atom. The van der Waals surface area contributed by atoms with Crippen molar-refractivity contribution in [2.75, 3.05) is 0 Å². The second kappa shape index (κ2) is 6.46. The van der Waals surface area contributed by atoms with E-state index in [1.807, 2.05) is 0 Å². The molecule has 116 valence electrons. The number of hydrogen-bond donors (Lipinski definition) is 2. The average Bonchev–Trinajstić information content (AvgIpc) is 2.38. The number of carbonyl (C=O) groups is 1. The molecule has 20 heavy (non-hydrogen) atoms. The molecule has 0 heterocycles. The zero-order chi connectivity index (χ0) is 14.8. The van der Waals surface area contributed by atoms with Gasteiger partial charge in [-0.3, -0.25) is 4.79 Å². The molecule has 2 aliphatic rings. The summed E-state index contributed by atoms with van der Waals surface area (Å²) in [6.45, 7) is 6.76. The molecule has 3 nitrogen and oxygen atoms in total. The van der Waals surface area contributed by atoms with Gasteiger partial charge in [0.15, 0.2) is 0 Å². The zero-order valence-corrected chi connectivity index (χ0v) is 13.5. The predicted octanol–water partition coefficient (Wildman–Crippen LogP) is 3.23. The minimum absolute atomic E-state index is 0.113. The van der Waals surface area contributed by atoms with Crippen molar-refractivity contribution in [1.29, 1.82) is 0 Å². The molecule has 0 bridgehead atoms. The van der Waals surface area contributed by atoms with Crippen LogP contribution in [0, 0.1) is 17.8 Å². The Morgan fingerprint density at radius 3 is 2.55 bits per heavy atom. The lowest BCUT2D eigenvalue weighted by atomic mass is 9.74. The summed E-state index contributed by atoms with van der Waals surface area (Å²) in [5.74, 6) is 1.95. The van der Waals surface area contributed by atoms with Crippen LogP contribution in [0.1, 0.15) is 72.1 Å². The van der Waals surface area contributed by atoms with Crippen molar-refractivity contribution in [3.8, 4) is 0 Å². The highest BCUT2D eigenvalue weighted by atomic mass is 16.2. The van der Waals surface area contributed by atoms with Gasteiger partial charge < -0.3 is 11.1 Å². The molecule has 1 amide bonds. The van der Waals surface area contributed by atoms with E-state index >= 15 is 0 Å². The predicted molar refractivity (Wildman–Crippen MR) is 83.3 cm³/mol. The third-order valence-corrected chi connectivity index (χ3v) is 5.48. The Hall–Kier alpha value is -0.570. The maximum Gasteiger partial charge on any atom is 0.240 e. The molecule has 3 N–H and O–H groups in total. The van der Waals surface area contributed by atoms with Crippen molar-refractivity contribution < 1.29 is 4.79 Å². The fourth-order valence-electron chi connectivity index (χ4n) is 4.25. The highest BCUT2D eigenvalue weighted by Gasteiger charge is 2.40. The molecular weight excluding hydrogens is 248 g/mol. The highest BCUT2D eigenvalue weighted by Crippen LogP contribution is 2.33. The van der Waals surface area contributed by atoms with E-state index in [0.717, 1.165) is 25.7 Å². The van der Waals surface area contributed by atoms with E-state index in [-0.39, 0.29) is 5.91 Å². The van der Waals surface area contributed by atoms with Gasteiger partial charge in [-0.15, -0.1) is 0 Å². The molecule has 0 spiro atoms. The first kappa shape index (κ1) is 15.8. The largest absolute Gasteiger partial charge is 0.351 e. The summed E-state index contributed by atoms with van der Waals surface area (Å²) in [5, 5.41) is 3.32. The summed E-state index contributed by atoms with van der Waals surface area (Å²) in [6, 6.07) is 0.342. The summed E-state index contributed by atoms with van der Waals surface area (Å²) in [7, 11) is 0. The third kappa shape index (κ3) is 3.55. The molecular formula is C17H32N2O.